The summed E-state index contributed by atoms with van der Waals surface area (Å²) in [6.45, 7) is -0.212. The van der Waals surface area contributed by atoms with Gasteiger partial charge in [-0.3, -0.25) is 10.1 Å². The van der Waals surface area contributed by atoms with E-state index in [2.05, 4.69) is 10.6 Å². The normalized spacial score (nSPS) is 10.4. The molecule has 3 rings (SSSR count). The molecule has 0 bridgehead atoms. The minimum absolute atomic E-state index is 0.0564. The number of hydrogen-bond acceptors (Lipinski definition) is 5. The highest BCUT2D eigenvalue weighted by atomic mass is 32.1. The van der Waals surface area contributed by atoms with Crippen LogP contribution in [-0.2, 0) is 6.61 Å². The maximum Gasteiger partial charge on any atom is 0.257 e. The Bertz CT molecular complexity index is 1020. The largest absolute Gasteiger partial charge is 0.496 e. The van der Waals surface area contributed by atoms with Crippen molar-refractivity contribution in [3.8, 4) is 17.1 Å². The molecule has 0 aliphatic rings. The van der Waals surface area contributed by atoms with E-state index in [1.807, 2.05) is 0 Å². The number of hydrogen-bond donors (Lipinski definition) is 3. The van der Waals surface area contributed by atoms with Crippen LogP contribution in [0.1, 0.15) is 16.1 Å². The van der Waals surface area contributed by atoms with Crippen LogP contribution in [0.2, 0.25) is 0 Å². The Morgan fingerprint density at radius 3 is 2.71 bits per heavy atom. The van der Waals surface area contributed by atoms with Crippen LogP contribution in [0, 0.1) is 5.82 Å². The van der Waals surface area contributed by atoms with Crippen molar-refractivity contribution in [3.63, 3.8) is 0 Å². The molecule has 0 saturated carbocycles. The Labute approximate surface area is 165 Å². The standard InChI is InChI=1S/C20H17FN2O4S/c1-26-17-7-5-14(10-16(17)18-8-6-15(11-24)27-18)22-20(28)23-19(25)12-3-2-4-13(21)9-12/h2-10,24H,11H2,1H3,(H2,22,23,25,28). The van der Waals surface area contributed by atoms with Gasteiger partial charge in [0.1, 0.15) is 29.7 Å². The molecular formula is C20H17FN2O4S. The summed E-state index contributed by atoms with van der Waals surface area (Å²) in [5.41, 5.74) is 1.39. The molecule has 8 heteroatoms. The fraction of sp³-hybridized carbons (Fsp3) is 0.100. The van der Waals surface area contributed by atoms with E-state index in [-0.39, 0.29) is 17.3 Å². The second kappa shape index (κ2) is 8.64. The van der Waals surface area contributed by atoms with Crippen molar-refractivity contribution in [3.05, 3.63) is 71.7 Å². The second-order valence-electron chi connectivity index (χ2n) is 5.76. The number of carbonyl (C=O) groups is 1. The van der Waals surface area contributed by atoms with Gasteiger partial charge >= 0.3 is 0 Å². The molecule has 0 fully saturated rings. The number of aliphatic hydroxyl groups is 1. The van der Waals surface area contributed by atoms with Gasteiger partial charge in [0, 0.05) is 11.3 Å². The lowest BCUT2D eigenvalue weighted by molar-refractivity contribution is 0.0977. The van der Waals surface area contributed by atoms with E-state index >= 15 is 0 Å². The summed E-state index contributed by atoms with van der Waals surface area (Å²) in [7, 11) is 1.53. The summed E-state index contributed by atoms with van der Waals surface area (Å²) in [4.78, 5) is 12.2. The molecule has 0 aliphatic heterocycles. The predicted octanol–water partition coefficient (Wildman–Crippen LogP) is 3.71. The van der Waals surface area contributed by atoms with E-state index < -0.39 is 11.7 Å². The summed E-state index contributed by atoms with van der Waals surface area (Å²) in [6.07, 6.45) is 0. The van der Waals surface area contributed by atoms with Crippen molar-refractivity contribution < 1.29 is 23.4 Å². The number of amides is 1. The molecule has 3 N–H and O–H groups in total. The molecule has 0 unspecified atom stereocenters. The zero-order chi connectivity index (χ0) is 20.1. The predicted molar refractivity (Wildman–Crippen MR) is 107 cm³/mol. The first-order valence-electron chi connectivity index (χ1n) is 8.26. The number of benzene rings is 2. The molecule has 0 aliphatic carbocycles. The van der Waals surface area contributed by atoms with Crippen molar-refractivity contribution in [2.45, 2.75) is 6.61 Å². The van der Waals surface area contributed by atoms with Gasteiger partial charge in [-0.15, -0.1) is 0 Å². The van der Waals surface area contributed by atoms with Gasteiger partial charge in [-0.25, -0.2) is 4.39 Å². The molecule has 0 atom stereocenters. The number of thiocarbonyl (C=S) groups is 1. The van der Waals surface area contributed by atoms with Crippen molar-refractivity contribution in [1.82, 2.24) is 5.32 Å². The highest BCUT2D eigenvalue weighted by molar-refractivity contribution is 7.80. The van der Waals surface area contributed by atoms with Crippen LogP contribution in [-0.4, -0.2) is 23.2 Å². The van der Waals surface area contributed by atoms with Crippen LogP contribution in [0.15, 0.2) is 59.0 Å². The molecule has 2 aromatic carbocycles. The summed E-state index contributed by atoms with van der Waals surface area (Å²) in [5, 5.41) is 14.6. The van der Waals surface area contributed by atoms with Gasteiger partial charge in [0.15, 0.2) is 5.11 Å². The third-order valence-corrected chi connectivity index (χ3v) is 4.06. The highest BCUT2D eigenvalue weighted by Gasteiger charge is 2.13. The number of anilines is 1. The zero-order valence-corrected chi connectivity index (χ0v) is 15.7. The zero-order valence-electron chi connectivity index (χ0n) is 14.9. The molecule has 1 aromatic heterocycles. The molecule has 0 spiro atoms. The van der Waals surface area contributed by atoms with Crippen molar-refractivity contribution in [2.75, 3.05) is 12.4 Å². The first kappa shape index (κ1) is 19.5. The number of halogens is 1. The van der Waals surface area contributed by atoms with Gasteiger partial charge < -0.3 is 19.6 Å². The summed E-state index contributed by atoms with van der Waals surface area (Å²) >= 11 is 5.16. The van der Waals surface area contributed by atoms with Gasteiger partial charge in [0.05, 0.1) is 12.7 Å². The number of furan rings is 1. The number of carbonyl (C=O) groups excluding carboxylic acids is 1. The monoisotopic (exact) mass is 400 g/mol. The number of rotatable bonds is 5. The third kappa shape index (κ3) is 4.54. The molecule has 3 aromatic rings. The van der Waals surface area contributed by atoms with Crippen LogP contribution in [0.5, 0.6) is 5.75 Å². The van der Waals surface area contributed by atoms with E-state index in [0.717, 1.165) is 6.07 Å². The average molecular weight is 400 g/mol. The smallest absolute Gasteiger partial charge is 0.257 e. The van der Waals surface area contributed by atoms with Gasteiger partial charge in [0.25, 0.3) is 5.91 Å². The molecular weight excluding hydrogens is 383 g/mol. The summed E-state index contributed by atoms with van der Waals surface area (Å²) in [6, 6.07) is 13.9. The molecule has 1 heterocycles. The lowest BCUT2D eigenvalue weighted by Gasteiger charge is -2.12. The van der Waals surface area contributed by atoms with E-state index in [0.29, 0.717) is 28.5 Å². The maximum atomic E-state index is 13.3. The minimum Gasteiger partial charge on any atom is -0.496 e. The molecule has 144 valence electrons. The first-order valence-corrected chi connectivity index (χ1v) is 8.67. The number of nitrogens with one attached hydrogen (secondary N) is 2. The number of methoxy groups -OCH3 is 1. The lowest BCUT2D eigenvalue weighted by atomic mass is 10.1. The Balaban J connectivity index is 1.75. The molecule has 1 amide bonds. The van der Waals surface area contributed by atoms with E-state index in [1.54, 1.807) is 30.3 Å². The Kier molecular flexibility index (Phi) is 6.03. The summed E-state index contributed by atoms with van der Waals surface area (Å²) in [5.74, 6) is 0.475. The molecule has 0 radical (unpaired) electrons. The summed E-state index contributed by atoms with van der Waals surface area (Å²) < 4.78 is 24.2. The number of ether oxygens (including phenoxy) is 1. The third-order valence-electron chi connectivity index (χ3n) is 3.85. The topological polar surface area (TPSA) is 83.7 Å². The average Bonchev–Trinajstić information content (AvgIpc) is 3.17. The maximum absolute atomic E-state index is 13.3. The van der Waals surface area contributed by atoms with Gasteiger partial charge in [-0.05, 0) is 60.7 Å². The quantitative estimate of drug-likeness (QED) is 0.567. The van der Waals surface area contributed by atoms with Crippen LogP contribution in [0.4, 0.5) is 10.1 Å². The SMILES string of the molecule is COc1ccc(NC(=S)NC(=O)c2cccc(F)c2)cc1-c1ccc(CO)o1. The Hall–Kier alpha value is -3.23. The van der Waals surface area contributed by atoms with Gasteiger partial charge in [0.2, 0.25) is 0 Å². The highest BCUT2D eigenvalue weighted by Crippen LogP contribution is 2.33. The van der Waals surface area contributed by atoms with Crippen LogP contribution < -0.4 is 15.4 Å². The molecule has 0 saturated heterocycles. The van der Waals surface area contributed by atoms with Crippen LogP contribution >= 0.6 is 12.2 Å². The Morgan fingerprint density at radius 2 is 2.04 bits per heavy atom. The van der Waals surface area contributed by atoms with Crippen LogP contribution in [0.3, 0.4) is 0 Å². The number of aliphatic hydroxyl groups excluding tert-OH is 1. The van der Waals surface area contributed by atoms with E-state index in [1.165, 1.54) is 25.3 Å². The first-order chi connectivity index (χ1) is 13.5. The van der Waals surface area contributed by atoms with Gasteiger partial charge in [-0.1, -0.05) is 6.07 Å². The second-order valence-corrected chi connectivity index (χ2v) is 6.17. The van der Waals surface area contributed by atoms with Crippen molar-refractivity contribution in [1.29, 1.82) is 0 Å². The minimum atomic E-state index is -0.524. The molecule has 6 nitrogen and oxygen atoms in total. The van der Waals surface area contributed by atoms with E-state index in [9.17, 15) is 14.3 Å². The Morgan fingerprint density at radius 1 is 1.21 bits per heavy atom. The molecule has 28 heavy (non-hydrogen) atoms. The van der Waals surface area contributed by atoms with Crippen molar-refractivity contribution in [2.24, 2.45) is 0 Å². The lowest BCUT2D eigenvalue weighted by Crippen LogP contribution is -2.34. The fourth-order valence-electron chi connectivity index (χ4n) is 2.55. The van der Waals surface area contributed by atoms with E-state index in [4.69, 9.17) is 21.4 Å². The van der Waals surface area contributed by atoms with Crippen molar-refractivity contribution >= 4 is 28.9 Å². The van der Waals surface area contributed by atoms with Crippen LogP contribution in [0.25, 0.3) is 11.3 Å². The van der Waals surface area contributed by atoms with Gasteiger partial charge in [-0.2, -0.15) is 0 Å². The fourth-order valence-corrected chi connectivity index (χ4v) is 2.76.